The number of nitrogens with zero attached hydrogens (tertiary/aromatic N) is 1. The highest BCUT2D eigenvalue weighted by Crippen LogP contribution is 2.25. The van der Waals surface area contributed by atoms with E-state index in [0.717, 1.165) is 0 Å². The number of nitrogens with one attached hydrogen (secondary N) is 1. The standard InChI is InChI=1S/C18H18ClFN2O2/c1-11(2)22(3)18(24)12-8-9-14(19)16(10-12)21-17(23)13-6-4-5-7-15(13)20/h4-11H,1-3H3,(H,21,23). The van der Waals surface area contributed by atoms with Crippen molar-refractivity contribution in [3.8, 4) is 0 Å². The predicted octanol–water partition coefficient (Wildman–Crippen LogP) is 4.21. The number of carbonyl (C=O) groups is 2. The summed E-state index contributed by atoms with van der Waals surface area (Å²) in [6, 6.07) is 10.3. The fourth-order valence-electron chi connectivity index (χ4n) is 2.03. The largest absolute Gasteiger partial charge is 0.339 e. The summed E-state index contributed by atoms with van der Waals surface area (Å²) in [5, 5.41) is 2.82. The van der Waals surface area contributed by atoms with Crippen LogP contribution in [0.2, 0.25) is 5.02 Å². The molecule has 0 aliphatic rings. The Morgan fingerprint density at radius 1 is 1.17 bits per heavy atom. The van der Waals surface area contributed by atoms with E-state index in [-0.39, 0.29) is 28.2 Å². The van der Waals surface area contributed by atoms with Crippen LogP contribution in [0.3, 0.4) is 0 Å². The Morgan fingerprint density at radius 2 is 1.83 bits per heavy atom. The quantitative estimate of drug-likeness (QED) is 0.899. The number of benzene rings is 2. The van der Waals surface area contributed by atoms with Crippen LogP contribution < -0.4 is 5.32 Å². The van der Waals surface area contributed by atoms with Gasteiger partial charge in [-0.25, -0.2) is 4.39 Å². The lowest BCUT2D eigenvalue weighted by atomic mass is 10.1. The average Bonchev–Trinajstić information content (AvgIpc) is 2.55. The zero-order chi connectivity index (χ0) is 17.9. The molecule has 0 fully saturated rings. The number of carbonyl (C=O) groups excluding carboxylic acids is 2. The van der Waals surface area contributed by atoms with Gasteiger partial charge in [0.15, 0.2) is 0 Å². The molecule has 2 rings (SSSR count). The maximum absolute atomic E-state index is 13.7. The van der Waals surface area contributed by atoms with Crippen LogP contribution in [-0.4, -0.2) is 29.8 Å². The SMILES string of the molecule is CC(C)N(C)C(=O)c1ccc(Cl)c(NC(=O)c2ccccc2F)c1. The Bertz CT molecular complexity index is 777. The number of rotatable bonds is 4. The third-order valence-corrected chi connectivity index (χ3v) is 4.00. The van der Waals surface area contributed by atoms with Crippen molar-refractivity contribution in [1.82, 2.24) is 4.90 Å². The molecule has 2 aromatic carbocycles. The minimum absolute atomic E-state index is 0.0321. The van der Waals surface area contributed by atoms with Gasteiger partial charge in [-0.05, 0) is 44.2 Å². The second-order valence-corrected chi connectivity index (χ2v) is 6.05. The summed E-state index contributed by atoms with van der Waals surface area (Å²) in [5.74, 6) is -1.45. The first kappa shape index (κ1) is 17.9. The van der Waals surface area contributed by atoms with Crippen LogP contribution in [-0.2, 0) is 0 Å². The molecule has 0 spiro atoms. The van der Waals surface area contributed by atoms with E-state index in [1.54, 1.807) is 24.1 Å². The molecule has 2 amide bonds. The first-order valence-corrected chi connectivity index (χ1v) is 7.81. The Hall–Kier alpha value is -2.40. The minimum atomic E-state index is -0.628. The van der Waals surface area contributed by atoms with E-state index < -0.39 is 11.7 Å². The Morgan fingerprint density at radius 3 is 2.46 bits per heavy atom. The lowest BCUT2D eigenvalue weighted by Gasteiger charge is -2.22. The molecule has 24 heavy (non-hydrogen) atoms. The van der Waals surface area contributed by atoms with Crippen molar-refractivity contribution in [1.29, 1.82) is 0 Å². The maximum Gasteiger partial charge on any atom is 0.258 e. The van der Waals surface area contributed by atoms with Crippen molar-refractivity contribution >= 4 is 29.1 Å². The lowest BCUT2D eigenvalue weighted by Crippen LogP contribution is -2.33. The van der Waals surface area contributed by atoms with Crippen molar-refractivity contribution in [3.05, 3.63) is 64.4 Å². The van der Waals surface area contributed by atoms with E-state index in [1.807, 2.05) is 13.8 Å². The highest BCUT2D eigenvalue weighted by Gasteiger charge is 2.17. The molecule has 0 bridgehead atoms. The molecule has 0 radical (unpaired) electrons. The van der Waals surface area contributed by atoms with Crippen molar-refractivity contribution < 1.29 is 14.0 Å². The predicted molar refractivity (Wildman–Crippen MR) is 93.0 cm³/mol. The number of amides is 2. The van der Waals surface area contributed by atoms with Crippen LogP contribution in [0, 0.1) is 5.82 Å². The van der Waals surface area contributed by atoms with Gasteiger partial charge < -0.3 is 10.2 Å². The van der Waals surface area contributed by atoms with Crippen LogP contribution in [0.5, 0.6) is 0 Å². The summed E-state index contributed by atoms with van der Waals surface area (Å²) in [4.78, 5) is 26.2. The van der Waals surface area contributed by atoms with Gasteiger partial charge in [-0.2, -0.15) is 0 Å². The molecule has 0 atom stereocenters. The van der Waals surface area contributed by atoms with Crippen LogP contribution >= 0.6 is 11.6 Å². The fourth-order valence-corrected chi connectivity index (χ4v) is 2.19. The van der Waals surface area contributed by atoms with Crippen molar-refractivity contribution in [3.63, 3.8) is 0 Å². The van der Waals surface area contributed by atoms with E-state index in [9.17, 15) is 14.0 Å². The first-order chi connectivity index (χ1) is 11.3. The first-order valence-electron chi connectivity index (χ1n) is 7.44. The van der Waals surface area contributed by atoms with Gasteiger partial charge in [-0.3, -0.25) is 9.59 Å². The molecular formula is C18H18ClFN2O2. The Kier molecular flexibility index (Phi) is 5.57. The molecule has 126 valence electrons. The summed E-state index contributed by atoms with van der Waals surface area (Å²) in [5.41, 5.74) is 0.553. The summed E-state index contributed by atoms with van der Waals surface area (Å²) in [6.45, 7) is 3.80. The second-order valence-electron chi connectivity index (χ2n) is 5.64. The maximum atomic E-state index is 13.7. The van der Waals surface area contributed by atoms with Crippen LogP contribution in [0.15, 0.2) is 42.5 Å². The molecular weight excluding hydrogens is 331 g/mol. The van der Waals surface area contributed by atoms with E-state index in [1.165, 1.54) is 30.3 Å². The molecule has 0 aliphatic carbocycles. The zero-order valence-corrected chi connectivity index (χ0v) is 14.4. The van der Waals surface area contributed by atoms with Gasteiger partial charge in [0, 0.05) is 18.7 Å². The van der Waals surface area contributed by atoms with Crippen LogP contribution in [0.25, 0.3) is 0 Å². The Labute approximate surface area is 145 Å². The molecule has 0 heterocycles. The molecule has 0 unspecified atom stereocenters. The van der Waals surface area contributed by atoms with Gasteiger partial charge in [0.25, 0.3) is 11.8 Å². The summed E-state index contributed by atoms with van der Waals surface area (Å²) >= 11 is 6.08. The van der Waals surface area contributed by atoms with Gasteiger partial charge in [0.05, 0.1) is 16.3 Å². The van der Waals surface area contributed by atoms with Crippen molar-refractivity contribution in [2.45, 2.75) is 19.9 Å². The summed E-state index contributed by atoms with van der Waals surface area (Å²) in [7, 11) is 1.69. The minimum Gasteiger partial charge on any atom is -0.339 e. The summed E-state index contributed by atoms with van der Waals surface area (Å²) in [6.07, 6.45) is 0. The molecule has 2 aromatic rings. The molecule has 0 saturated carbocycles. The van der Waals surface area contributed by atoms with Gasteiger partial charge in [0.2, 0.25) is 0 Å². The van der Waals surface area contributed by atoms with E-state index >= 15 is 0 Å². The second kappa shape index (κ2) is 7.45. The third-order valence-electron chi connectivity index (χ3n) is 3.67. The van der Waals surface area contributed by atoms with Crippen molar-refractivity contribution in [2.24, 2.45) is 0 Å². The molecule has 4 nitrogen and oxygen atoms in total. The van der Waals surface area contributed by atoms with Crippen molar-refractivity contribution in [2.75, 3.05) is 12.4 Å². The highest BCUT2D eigenvalue weighted by molar-refractivity contribution is 6.34. The van der Waals surface area contributed by atoms with Gasteiger partial charge in [-0.1, -0.05) is 23.7 Å². The van der Waals surface area contributed by atoms with Gasteiger partial charge in [-0.15, -0.1) is 0 Å². The van der Waals surface area contributed by atoms with E-state index in [4.69, 9.17) is 11.6 Å². The Balaban J connectivity index is 2.28. The molecule has 0 aromatic heterocycles. The topological polar surface area (TPSA) is 49.4 Å². The molecule has 0 saturated heterocycles. The smallest absolute Gasteiger partial charge is 0.258 e. The van der Waals surface area contributed by atoms with E-state index in [0.29, 0.717) is 5.56 Å². The number of anilines is 1. The van der Waals surface area contributed by atoms with Crippen LogP contribution in [0.1, 0.15) is 34.6 Å². The molecule has 6 heteroatoms. The van der Waals surface area contributed by atoms with Gasteiger partial charge >= 0.3 is 0 Å². The lowest BCUT2D eigenvalue weighted by molar-refractivity contribution is 0.0754. The summed E-state index contributed by atoms with van der Waals surface area (Å²) < 4.78 is 13.7. The normalized spacial score (nSPS) is 10.6. The third kappa shape index (κ3) is 3.92. The molecule has 1 N–H and O–H groups in total. The number of hydrogen-bond acceptors (Lipinski definition) is 2. The molecule has 0 aliphatic heterocycles. The monoisotopic (exact) mass is 348 g/mol. The van der Waals surface area contributed by atoms with Crippen LogP contribution in [0.4, 0.5) is 10.1 Å². The zero-order valence-electron chi connectivity index (χ0n) is 13.6. The number of hydrogen-bond donors (Lipinski definition) is 1. The van der Waals surface area contributed by atoms with E-state index in [2.05, 4.69) is 5.32 Å². The fraction of sp³-hybridized carbons (Fsp3) is 0.222. The highest BCUT2D eigenvalue weighted by atomic mass is 35.5. The average molecular weight is 349 g/mol. The van der Waals surface area contributed by atoms with Gasteiger partial charge in [0.1, 0.15) is 5.82 Å². The number of halogens is 2.